The Labute approximate surface area is 79.6 Å². The number of hydrogen-bond acceptors (Lipinski definition) is 2. The molecule has 0 unspecified atom stereocenters. The number of nitrogens with one attached hydrogen (secondary N) is 1. The minimum atomic E-state index is -1.38. The standard InChI is InChI=1S/C10H14N2S/c11-13(8-4-5-9-13)12-10-6-2-1-3-7-10/h1-3,6-7,11H,4-5,8-9H2. The van der Waals surface area contributed by atoms with Gasteiger partial charge < -0.3 is 0 Å². The van der Waals surface area contributed by atoms with Gasteiger partial charge in [-0.05, 0) is 25.0 Å². The van der Waals surface area contributed by atoms with E-state index in [-0.39, 0.29) is 0 Å². The lowest BCUT2D eigenvalue weighted by Crippen LogP contribution is -1.96. The third-order valence-corrected chi connectivity index (χ3v) is 4.74. The lowest BCUT2D eigenvalue weighted by molar-refractivity contribution is 0.949. The third kappa shape index (κ3) is 2.10. The Morgan fingerprint density at radius 2 is 1.69 bits per heavy atom. The maximum absolute atomic E-state index is 8.13. The summed E-state index contributed by atoms with van der Waals surface area (Å²) in [7, 11) is -1.38. The van der Waals surface area contributed by atoms with Crippen molar-refractivity contribution in [1.82, 2.24) is 0 Å². The van der Waals surface area contributed by atoms with E-state index in [1.807, 2.05) is 30.3 Å². The van der Waals surface area contributed by atoms with E-state index in [9.17, 15) is 0 Å². The molecule has 0 aliphatic carbocycles. The molecule has 13 heavy (non-hydrogen) atoms. The summed E-state index contributed by atoms with van der Waals surface area (Å²) >= 11 is 0. The first-order valence-corrected chi connectivity index (χ1v) is 6.53. The van der Waals surface area contributed by atoms with Gasteiger partial charge >= 0.3 is 0 Å². The fourth-order valence-electron chi connectivity index (χ4n) is 1.57. The molecule has 0 saturated carbocycles. The Morgan fingerprint density at radius 3 is 2.31 bits per heavy atom. The highest BCUT2D eigenvalue weighted by Gasteiger charge is 2.11. The molecule has 0 aromatic heterocycles. The Balaban J connectivity index is 2.35. The van der Waals surface area contributed by atoms with Crippen LogP contribution in [0.4, 0.5) is 5.69 Å². The third-order valence-electron chi connectivity index (χ3n) is 2.25. The van der Waals surface area contributed by atoms with Crippen LogP contribution < -0.4 is 0 Å². The monoisotopic (exact) mass is 194 g/mol. The summed E-state index contributed by atoms with van der Waals surface area (Å²) in [6.45, 7) is 0. The van der Waals surface area contributed by atoms with Crippen molar-refractivity contribution in [2.24, 2.45) is 4.36 Å². The fourth-order valence-corrected chi connectivity index (χ4v) is 3.84. The summed E-state index contributed by atoms with van der Waals surface area (Å²) in [5.74, 6) is 2.00. The molecule has 70 valence electrons. The molecule has 1 aromatic rings. The van der Waals surface area contributed by atoms with Crippen LogP contribution >= 0.6 is 0 Å². The fraction of sp³-hybridized carbons (Fsp3) is 0.400. The Hall–Kier alpha value is -0.830. The topological polar surface area (TPSA) is 36.2 Å². The van der Waals surface area contributed by atoms with Crippen molar-refractivity contribution >= 4 is 15.3 Å². The molecule has 0 amide bonds. The van der Waals surface area contributed by atoms with E-state index in [2.05, 4.69) is 4.36 Å². The zero-order valence-corrected chi connectivity index (χ0v) is 8.39. The van der Waals surface area contributed by atoms with Crippen LogP contribution in [0.15, 0.2) is 34.7 Å². The van der Waals surface area contributed by atoms with E-state index < -0.39 is 9.62 Å². The van der Waals surface area contributed by atoms with Gasteiger partial charge in [0.05, 0.1) is 5.69 Å². The summed E-state index contributed by atoms with van der Waals surface area (Å²) in [6, 6.07) is 9.93. The van der Waals surface area contributed by atoms with Gasteiger partial charge in [-0.1, -0.05) is 27.8 Å². The van der Waals surface area contributed by atoms with Gasteiger partial charge in [-0.3, -0.25) is 4.78 Å². The number of nitrogens with zero attached hydrogens (tertiary/aromatic N) is 1. The summed E-state index contributed by atoms with van der Waals surface area (Å²) in [6.07, 6.45) is 2.38. The molecular formula is C10H14N2S. The van der Waals surface area contributed by atoms with Gasteiger partial charge in [0.1, 0.15) is 0 Å². The van der Waals surface area contributed by atoms with Gasteiger partial charge in [-0.2, -0.15) is 0 Å². The van der Waals surface area contributed by atoms with Crippen LogP contribution in [0.25, 0.3) is 0 Å². The van der Waals surface area contributed by atoms with Crippen molar-refractivity contribution in [3.63, 3.8) is 0 Å². The summed E-state index contributed by atoms with van der Waals surface area (Å²) in [5, 5.41) is 0. The van der Waals surface area contributed by atoms with Crippen molar-refractivity contribution in [2.45, 2.75) is 12.8 Å². The van der Waals surface area contributed by atoms with Gasteiger partial charge in [0, 0.05) is 11.5 Å². The number of benzene rings is 1. The molecule has 0 spiro atoms. The maximum Gasteiger partial charge on any atom is 0.0713 e. The molecular weight excluding hydrogens is 180 g/mol. The molecule has 1 fully saturated rings. The first-order valence-electron chi connectivity index (χ1n) is 4.60. The minimum Gasteiger partial charge on any atom is -0.270 e. The molecule has 2 rings (SSSR count). The maximum atomic E-state index is 8.13. The average Bonchev–Trinajstić information content (AvgIpc) is 2.54. The highest BCUT2D eigenvalue weighted by Crippen LogP contribution is 2.20. The van der Waals surface area contributed by atoms with Crippen LogP contribution in [0.3, 0.4) is 0 Å². The zero-order chi connectivity index (χ0) is 9.15. The number of hydrogen-bond donors (Lipinski definition) is 1. The second kappa shape index (κ2) is 3.50. The van der Waals surface area contributed by atoms with E-state index in [1.165, 1.54) is 12.8 Å². The molecule has 0 atom stereocenters. The second-order valence-corrected chi connectivity index (χ2v) is 6.07. The van der Waals surface area contributed by atoms with Gasteiger partial charge in [-0.25, -0.2) is 4.36 Å². The molecule has 1 heterocycles. The van der Waals surface area contributed by atoms with Gasteiger partial charge in [0.15, 0.2) is 0 Å². The molecule has 2 nitrogen and oxygen atoms in total. The molecule has 3 heteroatoms. The SMILES string of the molecule is N=S1(=Nc2ccccc2)CCCC1. The van der Waals surface area contributed by atoms with Crippen molar-refractivity contribution in [3.05, 3.63) is 30.3 Å². The molecule has 0 bridgehead atoms. The summed E-state index contributed by atoms with van der Waals surface area (Å²) < 4.78 is 12.7. The molecule has 1 saturated heterocycles. The lowest BCUT2D eigenvalue weighted by atomic mass is 10.3. The quantitative estimate of drug-likeness (QED) is 0.712. The Bertz CT molecular complexity index is 377. The first-order chi connectivity index (χ1) is 6.29. The number of rotatable bonds is 1. The largest absolute Gasteiger partial charge is 0.270 e. The van der Waals surface area contributed by atoms with E-state index in [0.29, 0.717) is 0 Å². The highest BCUT2D eigenvalue weighted by atomic mass is 32.2. The van der Waals surface area contributed by atoms with Gasteiger partial charge in [0.25, 0.3) is 0 Å². The van der Waals surface area contributed by atoms with Crippen LogP contribution in [0.2, 0.25) is 0 Å². The van der Waals surface area contributed by atoms with Crippen LogP contribution in [-0.4, -0.2) is 11.5 Å². The van der Waals surface area contributed by atoms with Crippen LogP contribution in [0.5, 0.6) is 0 Å². The predicted molar refractivity (Wildman–Crippen MR) is 57.6 cm³/mol. The van der Waals surface area contributed by atoms with Gasteiger partial charge in [-0.15, -0.1) is 0 Å². The zero-order valence-electron chi connectivity index (χ0n) is 7.57. The van der Waals surface area contributed by atoms with Crippen molar-refractivity contribution in [1.29, 1.82) is 4.78 Å². The second-order valence-electron chi connectivity index (χ2n) is 3.38. The Morgan fingerprint density at radius 1 is 1.08 bits per heavy atom. The minimum absolute atomic E-state index is 0.981. The molecule has 1 N–H and O–H groups in total. The first kappa shape index (κ1) is 8.75. The molecule has 0 radical (unpaired) electrons. The van der Waals surface area contributed by atoms with Crippen LogP contribution in [-0.2, 0) is 9.62 Å². The molecule has 1 aliphatic heterocycles. The average molecular weight is 194 g/mol. The van der Waals surface area contributed by atoms with Crippen molar-refractivity contribution in [2.75, 3.05) is 11.5 Å². The van der Waals surface area contributed by atoms with Crippen LogP contribution in [0, 0.1) is 4.78 Å². The Kier molecular flexibility index (Phi) is 2.36. The smallest absolute Gasteiger partial charge is 0.0713 e. The molecule has 1 aliphatic rings. The van der Waals surface area contributed by atoms with E-state index in [0.717, 1.165) is 17.2 Å². The van der Waals surface area contributed by atoms with Crippen molar-refractivity contribution < 1.29 is 0 Å². The summed E-state index contributed by atoms with van der Waals surface area (Å²) in [5.41, 5.74) is 0.981. The van der Waals surface area contributed by atoms with Crippen molar-refractivity contribution in [3.8, 4) is 0 Å². The van der Waals surface area contributed by atoms with E-state index >= 15 is 0 Å². The van der Waals surface area contributed by atoms with Gasteiger partial charge in [0.2, 0.25) is 0 Å². The molecule has 1 aromatic carbocycles. The lowest BCUT2D eigenvalue weighted by Gasteiger charge is -2.03. The normalized spacial score (nSPS) is 20.0. The van der Waals surface area contributed by atoms with E-state index in [4.69, 9.17) is 4.78 Å². The predicted octanol–water partition coefficient (Wildman–Crippen LogP) is 3.21. The van der Waals surface area contributed by atoms with Crippen LogP contribution in [0.1, 0.15) is 12.8 Å². The summed E-state index contributed by atoms with van der Waals surface area (Å²) in [4.78, 5) is 0. The van der Waals surface area contributed by atoms with E-state index in [1.54, 1.807) is 0 Å². The highest BCUT2D eigenvalue weighted by molar-refractivity contribution is 7.94.